The monoisotopic (exact) mass is 292 g/mol. The largest absolute Gasteiger partial charge is 0.370 e. The first-order valence-corrected chi connectivity index (χ1v) is 8.04. The van der Waals surface area contributed by atoms with E-state index in [2.05, 4.69) is 39.3 Å². The van der Waals surface area contributed by atoms with Crippen molar-refractivity contribution < 1.29 is 0 Å². The number of rotatable bonds is 7. The van der Waals surface area contributed by atoms with E-state index >= 15 is 0 Å². The molecule has 1 saturated heterocycles. The van der Waals surface area contributed by atoms with Crippen molar-refractivity contribution in [2.75, 3.05) is 42.5 Å². The molecule has 1 aliphatic heterocycles. The maximum absolute atomic E-state index is 5.78. The first kappa shape index (κ1) is 15.8. The molecule has 2 rings (SSSR count). The number of anilines is 3. The minimum Gasteiger partial charge on any atom is -0.370 e. The van der Waals surface area contributed by atoms with Crippen LogP contribution in [0, 0.1) is 0 Å². The Morgan fingerprint density at radius 1 is 1.24 bits per heavy atom. The van der Waals surface area contributed by atoms with Crippen molar-refractivity contribution in [3.05, 3.63) is 6.07 Å². The van der Waals surface area contributed by atoms with Gasteiger partial charge in [0, 0.05) is 25.2 Å². The number of nitrogens with zero attached hydrogens (tertiary/aromatic N) is 3. The van der Waals surface area contributed by atoms with Crippen LogP contribution in [0.15, 0.2) is 6.07 Å². The summed E-state index contributed by atoms with van der Waals surface area (Å²) in [5.41, 5.74) is 5.78. The topological polar surface area (TPSA) is 79.1 Å². The molecule has 0 spiro atoms. The molecule has 1 aliphatic rings. The van der Waals surface area contributed by atoms with Crippen LogP contribution in [0.4, 0.5) is 17.6 Å². The molecular weight excluding hydrogens is 264 g/mol. The Morgan fingerprint density at radius 3 is 2.67 bits per heavy atom. The first-order chi connectivity index (χ1) is 10.2. The number of hydrogen-bond donors (Lipinski definition) is 3. The smallest absolute Gasteiger partial charge is 0.223 e. The highest BCUT2D eigenvalue weighted by Crippen LogP contribution is 2.15. The molecule has 0 aliphatic carbocycles. The second-order valence-corrected chi connectivity index (χ2v) is 5.83. The zero-order chi connectivity index (χ0) is 15.1. The van der Waals surface area contributed by atoms with E-state index in [-0.39, 0.29) is 0 Å². The van der Waals surface area contributed by atoms with Crippen LogP contribution >= 0.6 is 0 Å². The van der Waals surface area contributed by atoms with Crippen LogP contribution in [-0.2, 0) is 0 Å². The lowest BCUT2D eigenvalue weighted by Gasteiger charge is -2.29. The Balaban J connectivity index is 1.89. The van der Waals surface area contributed by atoms with Crippen LogP contribution in [0.1, 0.15) is 39.5 Å². The van der Waals surface area contributed by atoms with Crippen molar-refractivity contribution in [3.8, 4) is 0 Å². The fourth-order valence-electron chi connectivity index (χ4n) is 2.71. The number of piperidine rings is 1. The van der Waals surface area contributed by atoms with Gasteiger partial charge in [-0.1, -0.05) is 13.3 Å². The molecule has 1 fully saturated rings. The van der Waals surface area contributed by atoms with Gasteiger partial charge in [-0.15, -0.1) is 0 Å². The minimum absolute atomic E-state index is 0.309. The predicted octanol–water partition coefficient (Wildman–Crippen LogP) is 2.17. The molecule has 1 atom stereocenters. The molecule has 1 aromatic heterocycles. The van der Waals surface area contributed by atoms with E-state index in [0.29, 0.717) is 12.0 Å². The van der Waals surface area contributed by atoms with Crippen molar-refractivity contribution >= 4 is 17.6 Å². The Labute approximate surface area is 127 Å². The second-order valence-electron chi connectivity index (χ2n) is 5.83. The van der Waals surface area contributed by atoms with Crippen LogP contribution in [0.5, 0.6) is 0 Å². The Bertz CT molecular complexity index is 430. The molecule has 0 amide bonds. The molecule has 0 saturated carbocycles. The summed E-state index contributed by atoms with van der Waals surface area (Å²) >= 11 is 0. The summed E-state index contributed by atoms with van der Waals surface area (Å²) < 4.78 is 0. The molecule has 1 aromatic rings. The van der Waals surface area contributed by atoms with Crippen molar-refractivity contribution in [2.24, 2.45) is 0 Å². The third-order valence-electron chi connectivity index (χ3n) is 3.67. The Hall–Kier alpha value is -1.56. The number of aromatic nitrogens is 2. The quantitative estimate of drug-likeness (QED) is 0.715. The van der Waals surface area contributed by atoms with E-state index in [4.69, 9.17) is 5.73 Å². The zero-order valence-electron chi connectivity index (χ0n) is 13.2. The number of likely N-dealkylation sites (tertiary alicyclic amines) is 1. The summed E-state index contributed by atoms with van der Waals surface area (Å²) in [5.74, 6) is 1.89. The number of hydrogen-bond acceptors (Lipinski definition) is 6. The predicted molar refractivity (Wildman–Crippen MR) is 88.6 cm³/mol. The Morgan fingerprint density at radius 2 is 1.95 bits per heavy atom. The average Bonchev–Trinajstić information content (AvgIpc) is 2.45. The fraction of sp³-hybridized carbons (Fsp3) is 0.733. The van der Waals surface area contributed by atoms with E-state index in [9.17, 15) is 0 Å². The van der Waals surface area contributed by atoms with Gasteiger partial charge < -0.3 is 21.3 Å². The lowest BCUT2D eigenvalue weighted by Crippen LogP contribution is -2.38. The lowest BCUT2D eigenvalue weighted by molar-refractivity contribution is 0.223. The van der Waals surface area contributed by atoms with E-state index in [1.807, 2.05) is 6.07 Å². The van der Waals surface area contributed by atoms with E-state index < -0.39 is 0 Å². The van der Waals surface area contributed by atoms with Gasteiger partial charge in [-0.25, -0.2) is 0 Å². The number of nitrogen functional groups attached to an aromatic ring is 1. The van der Waals surface area contributed by atoms with Crippen molar-refractivity contribution in [1.82, 2.24) is 14.9 Å². The average molecular weight is 292 g/mol. The van der Waals surface area contributed by atoms with Gasteiger partial charge in [0.25, 0.3) is 0 Å². The van der Waals surface area contributed by atoms with Gasteiger partial charge in [-0.3, -0.25) is 0 Å². The van der Waals surface area contributed by atoms with E-state index in [1.165, 1.54) is 32.4 Å². The number of nitrogens with one attached hydrogen (secondary N) is 2. The van der Waals surface area contributed by atoms with Crippen LogP contribution < -0.4 is 16.4 Å². The van der Waals surface area contributed by atoms with Crippen LogP contribution in [0.2, 0.25) is 0 Å². The van der Waals surface area contributed by atoms with Crippen molar-refractivity contribution in [3.63, 3.8) is 0 Å². The van der Waals surface area contributed by atoms with Gasteiger partial charge in [-0.05, 0) is 39.3 Å². The first-order valence-electron chi connectivity index (χ1n) is 8.04. The highest BCUT2D eigenvalue weighted by molar-refractivity contribution is 5.51. The van der Waals surface area contributed by atoms with E-state index in [1.54, 1.807) is 0 Å². The van der Waals surface area contributed by atoms with Crippen LogP contribution in [0.25, 0.3) is 0 Å². The third-order valence-corrected chi connectivity index (χ3v) is 3.67. The summed E-state index contributed by atoms with van der Waals surface area (Å²) in [6, 6.07) is 2.27. The van der Waals surface area contributed by atoms with Gasteiger partial charge in [0.1, 0.15) is 11.6 Å². The summed E-state index contributed by atoms with van der Waals surface area (Å²) in [7, 11) is 0. The molecule has 6 heteroatoms. The third kappa shape index (κ3) is 5.38. The SMILES string of the molecule is CCCNc1cc(NC(C)CN2CCCCC2)nc(N)n1. The van der Waals surface area contributed by atoms with Crippen molar-refractivity contribution in [2.45, 2.75) is 45.6 Å². The van der Waals surface area contributed by atoms with E-state index in [0.717, 1.165) is 31.1 Å². The highest BCUT2D eigenvalue weighted by atomic mass is 15.2. The molecule has 0 bridgehead atoms. The van der Waals surface area contributed by atoms with Gasteiger partial charge in [-0.2, -0.15) is 9.97 Å². The normalized spacial score (nSPS) is 17.4. The van der Waals surface area contributed by atoms with Crippen LogP contribution in [0.3, 0.4) is 0 Å². The standard InChI is InChI=1S/C15H28N6/c1-3-7-17-13-10-14(20-15(16)19-13)18-12(2)11-21-8-5-4-6-9-21/h10,12H,3-9,11H2,1-2H3,(H4,16,17,18,19,20). The summed E-state index contributed by atoms with van der Waals surface area (Å²) in [6.07, 6.45) is 5.06. The molecule has 0 aromatic carbocycles. The Kier molecular flexibility index (Phi) is 6.04. The maximum Gasteiger partial charge on any atom is 0.223 e. The molecular formula is C15H28N6. The van der Waals surface area contributed by atoms with Gasteiger partial charge in [0.05, 0.1) is 0 Å². The van der Waals surface area contributed by atoms with Gasteiger partial charge in [0.15, 0.2) is 0 Å². The fourth-order valence-corrected chi connectivity index (χ4v) is 2.71. The highest BCUT2D eigenvalue weighted by Gasteiger charge is 2.14. The second kappa shape index (κ2) is 8.02. The molecule has 21 heavy (non-hydrogen) atoms. The summed E-state index contributed by atoms with van der Waals surface area (Å²) in [5, 5.41) is 6.68. The van der Waals surface area contributed by atoms with Crippen molar-refractivity contribution in [1.29, 1.82) is 0 Å². The molecule has 1 unspecified atom stereocenters. The van der Waals surface area contributed by atoms with Gasteiger partial charge >= 0.3 is 0 Å². The molecule has 0 radical (unpaired) electrons. The number of nitrogens with two attached hydrogens (primary N) is 1. The van der Waals surface area contributed by atoms with Crippen LogP contribution in [-0.4, -0.2) is 47.1 Å². The molecule has 118 valence electrons. The summed E-state index contributed by atoms with van der Waals surface area (Å²) in [4.78, 5) is 11.0. The minimum atomic E-state index is 0.309. The lowest BCUT2D eigenvalue weighted by atomic mass is 10.1. The summed E-state index contributed by atoms with van der Waals surface area (Å²) in [6.45, 7) is 8.66. The van der Waals surface area contributed by atoms with Gasteiger partial charge in [0.2, 0.25) is 5.95 Å². The maximum atomic E-state index is 5.78. The molecule has 2 heterocycles. The zero-order valence-corrected chi connectivity index (χ0v) is 13.2. The molecule has 4 N–H and O–H groups in total. The molecule has 6 nitrogen and oxygen atoms in total.